The lowest BCUT2D eigenvalue weighted by Gasteiger charge is -2.10. The normalized spacial score (nSPS) is 11.2. The van der Waals surface area contributed by atoms with Gasteiger partial charge in [-0.25, -0.2) is 19.0 Å². The Balaban J connectivity index is 1.60. The fourth-order valence-electron chi connectivity index (χ4n) is 2.53. The van der Waals surface area contributed by atoms with Crippen LogP contribution in [0.15, 0.2) is 53.4 Å². The largest absolute Gasteiger partial charge is 0.354 e. The molecule has 0 unspecified atom stereocenters. The highest BCUT2D eigenvalue weighted by atomic mass is 35.5. The molecular formula is C18H20ClN7O3S. The topological polar surface area (TPSA) is 155 Å². The van der Waals surface area contributed by atoms with Gasteiger partial charge in [0.25, 0.3) is 5.95 Å². The number of nitrogens with one attached hydrogen (secondary N) is 3. The molecule has 2 aromatic carbocycles. The van der Waals surface area contributed by atoms with Crippen LogP contribution in [-0.2, 0) is 23.0 Å². The van der Waals surface area contributed by atoms with Crippen molar-refractivity contribution in [2.75, 3.05) is 22.7 Å². The molecule has 10 nitrogen and oxygen atoms in total. The summed E-state index contributed by atoms with van der Waals surface area (Å²) in [7, 11) is -3.71. The molecule has 3 aromatic rings. The fraction of sp³-hybridized carbons (Fsp3) is 0.167. The number of benzene rings is 2. The van der Waals surface area contributed by atoms with Crippen molar-refractivity contribution in [2.24, 2.45) is 5.14 Å². The molecule has 1 aromatic heterocycles. The highest BCUT2D eigenvalue weighted by molar-refractivity contribution is 7.89. The van der Waals surface area contributed by atoms with E-state index in [2.05, 4.69) is 25.6 Å². The predicted octanol–water partition coefficient (Wildman–Crippen LogP) is 2.24. The van der Waals surface area contributed by atoms with E-state index < -0.39 is 10.0 Å². The first kappa shape index (κ1) is 21.7. The molecule has 0 radical (unpaired) electrons. The lowest BCUT2D eigenvalue weighted by Crippen LogP contribution is -2.13. The summed E-state index contributed by atoms with van der Waals surface area (Å²) in [5.41, 5.74) is 3.80. The van der Waals surface area contributed by atoms with Gasteiger partial charge in [-0.05, 0) is 41.8 Å². The van der Waals surface area contributed by atoms with Gasteiger partial charge in [-0.2, -0.15) is 15.0 Å². The van der Waals surface area contributed by atoms with Crippen molar-refractivity contribution >= 4 is 39.5 Å². The highest BCUT2D eigenvalue weighted by Crippen LogP contribution is 2.13. The Hall–Kier alpha value is -2.99. The van der Waals surface area contributed by atoms with Crippen LogP contribution < -0.4 is 21.3 Å². The van der Waals surface area contributed by atoms with Gasteiger partial charge in [-0.3, -0.25) is 5.21 Å². The number of hydrogen-bond acceptors (Lipinski definition) is 9. The summed E-state index contributed by atoms with van der Waals surface area (Å²) in [4.78, 5) is 12.4. The summed E-state index contributed by atoms with van der Waals surface area (Å²) in [6, 6.07) is 13.6. The smallest absolute Gasteiger partial charge is 0.253 e. The van der Waals surface area contributed by atoms with Crippen LogP contribution in [-0.4, -0.2) is 35.1 Å². The third kappa shape index (κ3) is 6.26. The molecule has 1 heterocycles. The van der Waals surface area contributed by atoms with Crippen molar-refractivity contribution < 1.29 is 13.6 Å². The van der Waals surface area contributed by atoms with E-state index in [4.69, 9.17) is 21.9 Å². The molecule has 30 heavy (non-hydrogen) atoms. The molecule has 0 saturated heterocycles. The van der Waals surface area contributed by atoms with Gasteiger partial charge in [0.15, 0.2) is 0 Å². The number of nitrogens with zero attached hydrogens (tertiary/aromatic N) is 3. The summed E-state index contributed by atoms with van der Waals surface area (Å²) in [5, 5.41) is 21.0. The monoisotopic (exact) mass is 449 g/mol. The first-order valence-electron chi connectivity index (χ1n) is 8.83. The van der Waals surface area contributed by atoms with E-state index >= 15 is 0 Å². The number of nitrogens with two attached hydrogens (primary N) is 1. The number of primary sulfonamides is 1. The summed E-state index contributed by atoms with van der Waals surface area (Å²) >= 11 is 5.88. The van der Waals surface area contributed by atoms with Crippen molar-refractivity contribution in [3.05, 3.63) is 64.7 Å². The van der Waals surface area contributed by atoms with Gasteiger partial charge in [0.1, 0.15) is 0 Å². The second kappa shape index (κ2) is 9.67. The van der Waals surface area contributed by atoms with Gasteiger partial charge in [0, 0.05) is 18.1 Å². The minimum atomic E-state index is -3.71. The zero-order valence-electron chi connectivity index (χ0n) is 15.7. The minimum absolute atomic E-state index is 0.0105. The third-order valence-corrected chi connectivity index (χ3v) is 5.23. The van der Waals surface area contributed by atoms with Gasteiger partial charge in [0.05, 0.1) is 4.90 Å². The molecule has 0 saturated carbocycles. The Bertz CT molecular complexity index is 1090. The molecule has 0 aliphatic carbocycles. The maximum absolute atomic E-state index is 11.3. The van der Waals surface area contributed by atoms with E-state index in [0.717, 1.165) is 11.1 Å². The Morgan fingerprint density at radius 3 is 2.03 bits per heavy atom. The van der Waals surface area contributed by atoms with E-state index in [9.17, 15) is 8.42 Å². The molecule has 12 heteroatoms. The molecule has 0 atom stereocenters. The number of anilines is 3. The molecule has 0 bridgehead atoms. The molecule has 0 aliphatic rings. The summed E-state index contributed by atoms with van der Waals surface area (Å²) in [6.45, 7) is 0.933. The highest BCUT2D eigenvalue weighted by Gasteiger charge is 2.08. The SMILES string of the molecule is NS(=O)(=O)c1ccc(CCNc2nc(NO)nc(NCc3ccc(Cl)cc3)n2)cc1. The summed E-state index contributed by atoms with van der Waals surface area (Å²) < 4.78 is 22.6. The molecule has 0 aliphatic heterocycles. The molecule has 158 valence electrons. The van der Waals surface area contributed by atoms with E-state index in [1.54, 1.807) is 24.3 Å². The Morgan fingerprint density at radius 1 is 0.867 bits per heavy atom. The van der Waals surface area contributed by atoms with Crippen LogP contribution in [0.2, 0.25) is 5.02 Å². The molecular weight excluding hydrogens is 430 g/mol. The van der Waals surface area contributed by atoms with Crippen molar-refractivity contribution in [1.29, 1.82) is 0 Å². The van der Waals surface area contributed by atoms with Crippen LogP contribution in [0.3, 0.4) is 0 Å². The molecule has 0 spiro atoms. The number of sulfonamides is 1. The van der Waals surface area contributed by atoms with Crippen LogP contribution in [0, 0.1) is 0 Å². The second-order valence-corrected chi connectivity index (χ2v) is 8.26. The van der Waals surface area contributed by atoms with Gasteiger partial charge < -0.3 is 10.6 Å². The van der Waals surface area contributed by atoms with Crippen LogP contribution in [0.4, 0.5) is 17.8 Å². The summed E-state index contributed by atoms with van der Waals surface area (Å²) in [6.07, 6.45) is 0.589. The maximum atomic E-state index is 11.3. The van der Waals surface area contributed by atoms with Gasteiger partial charge in [0.2, 0.25) is 21.9 Å². The van der Waals surface area contributed by atoms with E-state index in [1.807, 2.05) is 17.6 Å². The Labute approximate surface area is 178 Å². The molecule has 3 rings (SSSR count). The van der Waals surface area contributed by atoms with E-state index in [-0.39, 0.29) is 22.7 Å². The van der Waals surface area contributed by atoms with E-state index in [0.29, 0.717) is 24.5 Å². The summed E-state index contributed by atoms with van der Waals surface area (Å²) in [5.74, 6) is 0.529. The molecule has 0 fully saturated rings. The van der Waals surface area contributed by atoms with Crippen LogP contribution >= 0.6 is 11.6 Å². The minimum Gasteiger partial charge on any atom is -0.354 e. The van der Waals surface area contributed by atoms with E-state index in [1.165, 1.54) is 12.1 Å². The fourth-order valence-corrected chi connectivity index (χ4v) is 3.17. The first-order chi connectivity index (χ1) is 14.3. The zero-order chi connectivity index (χ0) is 21.6. The lowest BCUT2D eigenvalue weighted by molar-refractivity contribution is 0.382. The van der Waals surface area contributed by atoms with Crippen molar-refractivity contribution in [1.82, 2.24) is 15.0 Å². The van der Waals surface area contributed by atoms with Crippen LogP contribution in [0.25, 0.3) is 0 Å². The number of rotatable bonds is 9. The Morgan fingerprint density at radius 2 is 1.43 bits per heavy atom. The zero-order valence-corrected chi connectivity index (χ0v) is 17.3. The predicted molar refractivity (Wildman–Crippen MR) is 114 cm³/mol. The Kier molecular flexibility index (Phi) is 7.00. The third-order valence-electron chi connectivity index (χ3n) is 4.05. The quantitative estimate of drug-likeness (QED) is 0.309. The van der Waals surface area contributed by atoms with Crippen molar-refractivity contribution in [2.45, 2.75) is 17.9 Å². The molecule has 6 N–H and O–H groups in total. The molecule has 0 amide bonds. The number of aromatic nitrogens is 3. The van der Waals surface area contributed by atoms with Crippen LogP contribution in [0.1, 0.15) is 11.1 Å². The average Bonchev–Trinajstić information content (AvgIpc) is 2.73. The van der Waals surface area contributed by atoms with Gasteiger partial charge in [-0.1, -0.05) is 35.9 Å². The van der Waals surface area contributed by atoms with Crippen LogP contribution in [0.5, 0.6) is 0 Å². The average molecular weight is 450 g/mol. The van der Waals surface area contributed by atoms with Gasteiger partial charge >= 0.3 is 0 Å². The lowest BCUT2D eigenvalue weighted by atomic mass is 10.1. The standard InChI is InChI=1S/C18H20ClN7O3S/c19-14-5-1-13(2-6-14)11-22-17-23-16(24-18(25-17)26-27)21-10-9-12-3-7-15(8-4-12)30(20,28)29/h1-8,27H,9-11H2,(H2,20,28,29)(H3,21,22,23,24,25,26). The number of hydrogen-bond donors (Lipinski definition) is 5. The van der Waals surface area contributed by atoms with Crippen molar-refractivity contribution in [3.63, 3.8) is 0 Å². The number of halogens is 1. The maximum Gasteiger partial charge on any atom is 0.253 e. The van der Waals surface area contributed by atoms with Gasteiger partial charge in [-0.15, -0.1) is 0 Å². The van der Waals surface area contributed by atoms with Crippen molar-refractivity contribution in [3.8, 4) is 0 Å². The first-order valence-corrected chi connectivity index (χ1v) is 10.8. The second-order valence-electron chi connectivity index (χ2n) is 6.26.